The van der Waals surface area contributed by atoms with Gasteiger partial charge in [0, 0.05) is 56.2 Å². The summed E-state index contributed by atoms with van der Waals surface area (Å²) < 4.78 is 5.37. The van der Waals surface area contributed by atoms with E-state index in [4.69, 9.17) is 16.3 Å². The van der Waals surface area contributed by atoms with Crippen LogP contribution in [-0.4, -0.2) is 48.2 Å². The van der Waals surface area contributed by atoms with E-state index in [9.17, 15) is 4.79 Å². The van der Waals surface area contributed by atoms with Gasteiger partial charge in [0.15, 0.2) is 0 Å². The Balaban J connectivity index is 1.40. The number of rotatable bonds is 4. The summed E-state index contributed by atoms with van der Waals surface area (Å²) in [6, 6.07) is 6.23. The molecule has 2 saturated heterocycles. The van der Waals surface area contributed by atoms with Crippen molar-refractivity contribution in [2.45, 2.75) is 38.6 Å². The first-order chi connectivity index (χ1) is 14.1. The molecule has 2 aliphatic heterocycles. The number of aryl methyl sites for hydroxylation is 1. The van der Waals surface area contributed by atoms with Gasteiger partial charge in [-0.25, -0.2) is 4.98 Å². The molecule has 0 atom stereocenters. The Kier molecular flexibility index (Phi) is 6.31. The van der Waals surface area contributed by atoms with Crippen molar-refractivity contribution in [1.82, 2.24) is 15.3 Å². The van der Waals surface area contributed by atoms with Gasteiger partial charge in [0.1, 0.15) is 5.82 Å². The van der Waals surface area contributed by atoms with Gasteiger partial charge in [-0.1, -0.05) is 17.7 Å². The minimum Gasteiger partial charge on any atom is -0.381 e. The van der Waals surface area contributed by atoms with E-state index in [0.717, 1.165) is 74.6 Å². The Morgan fingerprint density at radius 2 is 1.97 bits per heavy atom. The number of anilines is 1. The molecule has 1 N–H and O–H groups in total. The van der Waals surface area contributed by atoms with Gasteiger partial charge in [-0.3, -0.25) is 9.78 Å². The number of halogens is 1. The molecule has 0 bridgehead atoms. The summed E-state index contributed by atoms with van der Waals surface area (Å²) in [5, 5.41) is 3.81. The molecule has 154 valence electrons. The fraction of sp³-hybridized carbons (Fsp3) is 0.500. The first kappa shape index (κ1) is 20.1. The smallest absolute Gasteiger partial charge is 0.223 e. The fourth-order valence-corrected chi connectivity index (χ4v) is 4.27. The summed E-state index contributed by atoms with van der Waals surface area (Å²) in [6.45, 7) is 5.12. The average molecular weight is 415 g/mol. The highest BCUT2D eigenvalue weighted by Gasteiger charge is 2.28. The second-order valence-corrected chi connectivity index (χ2v) is 8.26. The van der Waals surface area contributed by atoms with Crippen molar-refractivity contribution in [3.05, 3.63) is 41.2 Å². The molecule has 4 heterocycles. The Bertz CT molecular complexity index is 862. The maximum absolute atomic E-state index is 12.6. The second kappa shape index (κ2) is 9.09. The largest absolute Gasteiger partial charge is 0.381 e. The number of carbonyl (C=O) groups excluding carboxylic acids is 1. The highest BCUT2D eigenvalue weighted by atomic mass is 35.5. The molecule has 0 spiro atoms. The van der Waals surface area contributed by atoms with Crippen LogP contribution in [0.3, 0.4) is 0 Å². The van der Waals surface area contributed by atoms with Gasteiger partial charge in [-0.15, -0.1) is 0 Å². The van der Waals surface area contributed by atoms with Crippen molar-refractivity contribution in [2.24, 2.45) is 5.92 Å². The van der Waals surface area contributed by atoms with E-state index < -0.39 is 0 Å². The Morgan fingerprint density at radius 3 is 2.69 bits per heavy atom. The zero-order chi connectivity index (χ0) is 20.2. The van der Waals surface area contributed by atoms with E-state index in [1.807, 2.05) is 25.1 Å². The number of nitrogens with one attached hydrogen (secondary N) is 1. The molecular formula is C22H27ClN4O2. The summed E-state index contributed by atoms with van der Waals surface area (Å²) in [7, 11) is 0. The molecule has 0 aliphatic carbocycles. The Morgan fingerprint density at radius 1 is 1.21 bits per heavy atom. The molecule has 2 aromatic heterocycles. The number of ether oxygens (including phenoxy) is 1. The van der Waals surface area contributed by atoms with Crippen molar-refractivity contribution in [2.75, 3.05) is 31.2 Å². The molecule has 4 rings (SSSR count). The lowest BCUT2D eigenvalue weighted by Gasteiger charge is -2.33. The van der Waals surface area contributed by atoms with Crippen molar-refractivity contribution in [1.29, 1.82) is 0 Å². The normalized spacial score (nSPS) is 18.6. The quantitative estimate of drug-likeness (QED) is 0.827. The topological polar surface area (TPSA) is 67.4 Å². The molecular weight excluding hydrogens is 388 g/mol. The third-order valence-corrected chi connectivity index (χ3v) is 6.16. The Labute approximate surface area is 176 Å². The van der Waals surface area contributed by atoms with Crippen LogP contribution in [0.5, 0.6) is 0 Å². The summed E-state index contributed by atoms with van der Waals surface area (Å²) in [5.41, 5.74) is 2.86. The minimum atomic E-state index is 0.0684. The van der Waals surface area contributed by atoms with Crippen LogP contribution in [0.1, 0.15) is 31.2 Å². The lowest BCUT2D eigenvalue weighted by molar-refractivity contribution is -0.126. The van der Waals surface area contributed by atoms with Gasteiger partial charge in [-0.05, 0) is 50.3 Å². The van der Waals surface area contributed by atoms with Gasteiger partial charge >= 0.3 is 0 Å². The number of carbonyl (C=O) groups is 1. The van der Waals surface area contributed by atoms with Gasteiger partial charge in [0.2, 0.25) is 5.91 Å². The predicted molar refractivity (Wildman–Crippen MR) is 114 cm³/mol. The molecule has 0 saturated carbocycles. The minimum absolute atomic E-state index is 0.0684. The van der Waals surface area contributed by atoms with Crippen LogP contribution >= 0.6 is 11.6 Å². The fourth-order valence-electron chi connectivity index (χ4n) is 4.08. The van der Waals surface area contributed by atoms with Crippen LogP contribution in [0.2, 0.25) is 5.02 Å². The van der Waals surface area contributed by atoms with E-state index in [2.05, 4.69) is 20.2 Å². The van der Waals surface area contributed by atoms with E-state index in [0.29, 0.717) is 5.02 Å². The first-order valence-corrected chi connectivity index (χ1v) is 10.7. The monoisotopic (exact) mass is 414 g/mol. The molecule has 1 amide bonds. The number of hydrogen-bond acceptors (Lipinski definition) is 5. The lowest BCUT2D eigenvalue weighted by atomic mass is 9.95. The van der Waals surface area contributed by atoms with E-state index in [-0.39, 0.29) is 17.9 Å². The van der Waals surface area contributed by atoms with Crippen molar-refractivity contribution in [3.8, 4) is 11.3 Å². The lowest BCUT2D eigenvalue weighted by Crippen LogP contribution is -2.45. The number of piperidine rings is 1. The molecule has 29 heavy (non-hydrogen) atoms. The summed E-state index contributed by atoms with van der Waals surface area (Å²) in [6.07, 6.45) is 6.96. The predicted octanol–water partition coefficient (Wildman–Crippen LogP) is 3.62. The molecule has 0 unspecified atom stereocenters. The average Bonchev–Trinajstić information content (AvgIpc) is 2.75. The zero-order valence-corrected chi connectivity index (χ0v) is 17.5. The van der Waals surface area contributed by atoms with Gasteiger partial charge in [-0.2, -0.15) is 0 Å². The van der Waals surface area contributed by atoms with Crippen LogP contribution in [0, 0.1) is 12.8 Å². The SMILES string of the molecule is Cc1cccnc1-c1cc(N2CCC(C(=O)NC3CCOCC3)CC2)ncc1Cl. The van der Waals surface area contributed by atoms with Crippen molar-refractivity contribution < 1.29 is 9.53 Å². The highest BCUT2D eigenvalue weighted by molar-refractivity contribution is 6.33. The second-order valence-electron chi connectivity index (χ2n) is 7.85. The van der Waals surface area contributed by atoms with E-state index >= 15 is 0 Å². The van der Waals surface area contributed by atoms with Crippen LogP contribution in [-0.2, 0) is 9.53 Å². The third-order valence-electron chi connectivity index (χ3n) is 5.86. The Hall–Kier alpha value is -2.18. The summed E-state index contributed by atoms with van der Waals surface area (Å²) in [4.78, 5) is 23.9. The maximum Gasteiger partial charge on any atom is 0.223 e. The number of aromatic nitrogens is 2. The number of pyridine rings is 2. The van der Waals surface area contributed by atoms with Crippen LogP contribution in [0.4, 0.5) is 5.82 Å². The highest BCUT2D eigenvalue weighted by Crippen LogP contribution is 2.32. The molecule has 2 aromatic rings. The third kappa shape index (κ3) is 4.70. The van der Waals surface area contributed by atoms with Gasteiger partial charge in [0.25, 0.3) is 0 Å². The zero-order valence-electron chi connectivity index (χ0n) is 16.7. The van der Waals surface area contributed by atoms with Crippen LogP contribution in [0.15, 0.2) is 30.6 Å². The van der Waals surface area contributed by atoms with Gasteiger partial charge < -0.3 is 15.0 Å². The molecule has 7 heteroatoms. The van der Waals surface area contributed by atoms with Crippen molar-refractivity contribution in [3.63, 3.8) is 0 Å². The van der Waals surface area contributed by atoms with Crippen LogP contribution < -0.4 is 10.2 Å². The van der Waals surface area contributed by atoms with Crippen LogP contribution in [0.25, 0.3) is 11.3 Å². The van der Waals surface area contributed by atoms with Gasteiger partial charge in [0.05, 0.1) is 10.7 Å². The maximum atomic E-state index is 12.6. The number of amides is 1. The standard InChI is InChI=1S/C22H27ClN4O2/c1-15-3-2-8-24-21(15)18-13-20(25-14-19(18)23)27-9-4-16(5-10-27)22(28)26-17-6-11-29-12-7-17/h2-3,8,13-14,16-17H,4-7,9-12H2,1H3,(H,26,28). The van der Waals surface area contributed by atoms with E-state index in [1.54, 1.807) is 12.4 Å². The van der Waals surface area contributed by atoms with Crippen molar-refractivity contribution >= 4 is 23.3 Å². The van der Waals surface area contributed by atoms with E-state index in [1.165, 1.54) is 0 Å². The summed E-state index contributed by atoms with van der Waals surface area (Å²) >= 11 is 6.42. The number of nitrogens with zero attached hydrogens (tertiary/aromatic N) is 3. The molecule has 2 fully saturated rings. The molecule has 0 radical (unpaired) electrons. The summed E-state index contributed by atoms with van der Waals surface area (Å²) in [5.74, 6) is 1.14. The molecule has 2 aliphatic rings. The number of hydrogen-bond donors (Lipinski definition) is 1. The first-order valence-electron chi connectivity index (χ1n) is 10.3. The molecule has 6 nitrogen and oxygen atoms in total. The molecule has 0 aromatic carbocycles.